The first-order chi connectivity index (χ1) is 13.0. The Kier molecular flexibility index (Phi) is 3.72. The molecule has 0 amide bonds. The average molecular weight is 378 g/mol. The summed E-state index contributed by atoms with van der Waals surface area (Å²) < 4.78 is 1.92. The van der Waals surface area contributed by atoms with Crippen molar-refractivity contribution in [2.45, 2.75) is 33.1 Å². The van der Waals surface area contributed by atoms with Crippen LogP contribution in [-0.2, 0) is 12.8 Å². The van der Waals surface area contributed by atoms with Crippen molar-refractivity contribution in [1.82, 2.24) is 19.6 Å². The van der Waals surface area contributed by atoms with E-state index in [0.29, 0.717) is 0 Å². The van der Waals surface area contributed by atoms with Crippen molar-refractivity contribution in [1.29, 1.82) is 0 Å². The highest BCUT2D eigenvalue weighted by atomic mass is 32.1. The minimum Gasteiger partial charge on any atom is -0.378 e. The lowest BCUT2D eigenvalue weighted by molar-refractivity contribution is 0.508. The van der Waals surface area contributed by atoms with Gasteiger partial charge in [0, 0.05) is 30.2 Å². The fourth-order valence-corrected chi connectivity index (χ4v) is 5.23. The van der Waals surface area contributed by atoms with Crippen LogP contribution >= 0.6 is 11.3 Å². The van der Waals surface area contributed by atoms with Gasteiger partial charge in [0.15, 0.2) is 11.5 Å². The largest absolute Gasteiger partial charge is 0.378 e. The second kappa shape index (κ2) is 6.02. The second-order valence-electron chi connectivity index (χ2n) is 7.80. The molecule has 138 valence electrons. The molecule has 0 radical (unpaired) electrons. The van der Waals surface area contributed by atoms with E-state index in [9.17, 15) is 0 Å². The van der Waals surface area contributed by atoms with Crippen molar-refractivity contribution in [3.63, 3.8) is 0 Å². The van der Waals surface area contributed by atoms with Crippen molar-refractivity contribution in [3.05, 3.63) is 40.5 Å². The van der Waals surface area contributed by atoms with Crippen molar-refractivity contribution in [3.8, 4) is 11.4 Å². The summed E-state index contributed by atoms with van der Waals surface area (Å²) in [5.74, 6) is 2.38. The normalized spacial score (nSPS) is 16.8. The van der Waals surface area contributed by atoms with Crippen molar-refractivity contribution in [2.75, 3.05) is 19.0 Å². The maximum Gasteiger partial charge on any atom is 0.182 e. The van der Waals surface area contributed by atoms with Crippen molar-refractivity contribution < 1.29 is 0 Å². The summed E-state index contributed by atoms with van der Waals surface area (Å²) in [5, 5.41) is 6.01. The van der Waals surface area contributed by atoms with Crippen LogP contribution in [0.3, 0.4) is 0 Å². The number of aryl methyl sites for hydroxylation is 2. The Balaban J connectivity index is 1.71. The van der Waals surface area contributed by atoms with Gasteiger partial charge in [0.25, 0.3) is 0 Å². The number of nitrogens with zero attached hydrogens (tertiary/aromatic N) is 5. The van der Waals surface area contributed by atoms with E-state index in [1.54, 1.807) is 0 Å². The SMILES string of the molecule is Cc1nc2sc3c(c2c2nc(-c4ccc(N(C)C)cc4)nn12)C[C@H](C)CC3. The topological polar surface area (TPSA) is 46.3 Å². The fourth-order valence-electron chi connectivity index (χ4n) is 3.98. The molecule has 0 saturated heterocycles. The molecule has 0 N–H and O–H groups in total. The third-order valence-electron chi connectivity index (χ3n) is 5.53. The number of hydrogen-bond acceptors (Lipinski definition) is 5. The highest BCUT2D eigenvalue weighted by Crippen LogP contribution is 2.39. The predicted molar refractivity (Wildman–Crippen MR) is 112 cm³/mol. The van der Waals surface area contributed by atoms with E-state index >= 15 is 0 Å². The van der Waals surface area contributed by atoms with E-state index in [-0.39, 0.29) is 0 Å². The summed E-state index contributed by atoms with van der Waals surface area (Å²) in [6.07, 6.45) is 3.55. The highest BCUT2D eigenvalue weighted by molar-refractivity contribution is 7.19. The summed E-state index contributed by atoms with van der Waals surface area (Å²) in [7, 11) is 4.09. The lowest BCUT2D eigenvalue weighted by Crippen LogP contribution is -2.09. The third kappa shape index (κ3) is 2.62. The molecule has 0 fully saturated rings. The standard InChI is InChI=1S/C21H23N5S/c1-12-5-10-17-16(11-12)18-20-23-19(14-6-8-15(9-7-14)25(3)4)24-26(20)13(2)22-21(18)27-17/h6-9,12H,5,10-11H2,1-4H3/t12-/m1/s1. The maximum absolute atomic E-state index is 4.96. The molecule has 0 bridgehead atoms. The molecule has 3 heterocycles. The number of benzene rings is 1. The van der Waals surface area contributed by atoms with Gasteiger partial charge < -0.3 is 4.90 Å². The molecule has 0 saturated carbocycles. The maximum atomic E-state index is 4.96. The van der Waals surface area contributed by atoms with Crippen LogP contribution in [0.4, 0.5) is 5.69 Å². The van der Waals surface area contributed by atoms with E-state index < -0.39 is 0 Å². The Morgan fingerprint density at radius 3 is 2.67 bits per heavy atom. The fraction of sp³-hybridized carbons (Fsp3) is 0.381. The van der Waals surface area contributed by atoms with Crippen LogP contribution in [0.15, 0.2) is 24.3 Å². The monoisotopic (exact) mass is 377 g/mol. The minimum absolute atomic E-state index is 0.720. The zero-order valence-corrected chi connectivity index (χ0v) is 17.0. The second-order valence-corrected chi connectivity index (χ2v) is 8.89. The highest BCUT2D eigenvalue weighted by Gasteiger charge is 2.24. The van der Waals surface area contributed by atoms with E-state index in [2.05, 4.69) is 36.1 Å². The third-order valence-corrected chi connectivity index (χ3v) is 6.72. The molecule has 0 unspecified atom stereocenters. The molecule has 1 aromatic carbocycles. The summed E-state index contributed by atoms with van der Waals surface area (Å²) in [4.78, 5) is 14.5. The molecular weight excluding hydrogens is 354 g/mol. The number of aromatic nitrogens is 4. The number of thiophene rings is 1. The van der Waals surface area contributed by atoms with Gasteiger partial charge in [-0.3, -0.25) is 0 Å². The number of rotatable bonds is 2. The van der Waals surface area contributed by atoms with E-state index in [1.807, 2.05) is 36.9 Å². The van der Waals surface area contributed by atoms with Gasteiger partial charge in [-0.1, -0.05) is 6.92 Å². The smallest absolute Gasteiger partial charge is 0.182 e. The number of fused-ring (bicyclic) bond motifs is 5. The zero-order valence-electron chi connectivity index (χ0n) is 16.2. The van der Waals surface area contributed by atoms with Gasteiger partial charge >= 0.3 is 0 Å². The number of hydrogen-bond donors (Lipinski definition) is 0. The Morgan fingerprint density at radius 1 is 1.15 bits per heavy atom. The molecule has 1 aliphatic carbocycles. The van der Waals surface area contributed by atoms with Crippen LogP contribution < -0.4 is 4.90 Å². The molecule has 27 heavy (non-hydrogen) atoms. The average Bonchev–Trinajstić information content (AvgIpc) is 3.23. The van der Waals surface area contributed by atoms with Crippen LogP contribution in [-0.4, -0.2) is 33.7 Å². The van der Waals surface area contributed by atoms with Gasteiger partial charge in [-0.25, -0.2) is 9.97 Å². The molecule has 3 aromatic heterocycles. The lowest BCUT2D eigenvalue weighted by Gasteiger charge is -2.17. The lowest BCUT2D eigenvalue weighted by atomic mass is 9.89. The molecule has 4 aromatic rings. The van der Waals surface area contributed by atoms with Gasteiger partial charge in [-0.2, -0.15) is 4.52 Å². The van der Waals surface area contributed by atoms with Gasteiger partial charge in [-0.05, 0) is 61.9 Å². The zero-order chi connectivity index (χ0) is 18.7. The first-order valence-electron chi connectivity index (χ1n) is 9.46. The van der Waals surface area contributed by atoms with E-state index in [0.717, 1.165) is 46.4 Å². The molecular formula is C21H23N5S. The van der Waals surface area contributed by atoms with Crippen LogP contribution in [0.5, 0.6) is 0 Å². The van der Waals surface area contributed by atoms with Crippen LogP contribution in [0.25, 0.3) is 27.3 Å². The minimum atomic E-state index is 0.720. The predicted octanol–water partition coefficient (Wildman–Crippen LogP) is 4.51. The first kappa shape index (κ1) is 16.7. The summed E-state index contributed by atoms with van der Waals surface area (Å²) in [6, 6.07) is 8.40. The van der Waals surface area contributed by atoms with Gasteiger partial charge in [-0.15, -0.1) is 16.4 Å². The summed E-state index contributed by atoms with van der Waals surface area (Å²) in [6.45, 7) is 4.36. The number of anilines is 1. The molecule has 1 aliphatic rings. The molecule has 5 nitrogen and oxygen atoms in total. The summed E-state index contributed by atoms with van der Waals surface area (Å²) in [5.41, 5.74) is 4.61. The van der Waals surface area contributed by atoms with Crippen molar-refractivity contribution >= 4 is 32.9 Å². The Hall–Kier alpha value is -2.47. The molecule has 6 heteroatoms. The molecule has 1 atom stereocenters. The van der Waals surface area contributed by atoms with E-state index in [1.165, 1.54) is 27.9 Å². The molecule has 0 spiro atoms. The van der Waals surface area contributed by atoms with Crippen LogP contribution in [0.1, 0.15) is 29.6 Å². The Bertz CT molecular complexity index is 1150. The van der Waals surface area contributed by atoms with Gasteiger partial charge in [0.2, 0.25) is 0 Å². The summed E-state index contributed by atoms with van der Waals surface area (Å²) >= 11 is 1.84. The Labute approximate surface area is 162 Å². The van der Waals surface area contributed by atoms with Crippen LogP contribution in [0.2, 0.25) is 0 Å². The van der Waals surface area contributed by atoms with E-state index in [4.69, 9.17) is 15.1 Å². The molecule has 0 aliphatic heterocycles. The van der Waals surface area contributed by atoms with Crippen molar-refractivity contribution in [2.24, 2.45) is 5.92 Å². The quantitative estimate of drug-likeness (QED) is 0.516. The van der Waals surface area contributed by atoms with Gasteiger partial charge in [0.1, 0.15) is 10.7 Å². The van der Waals surface area contributed by atoms with Crippen LogP contribution in [0, 0.1) is 12.8 Å². The Morgan fingerprint density at radius 2 is 1.93 bits per heavy atom. The first-order valence-corrected chi connectivity index (χ1v) is 10.3. The van der Waals surface area contributed by atoms with Gasteiger partial charge in [0.05, 0.1) is 5.39 Å². The molecule has 5 rings (SSSR count).